The van der Waals surface area contributed by atoms with Crippen LogP contribution in [0.25, 0.3) is 0 Å². The highest BCUT2D eigenvalue weighted by Gasteiger charge is 2.20. The van der Waals surface area contributed by atoms with Crippen molar-refractivity contribution in [3.63, 3.8) is 0 Å². The molecule has 1 saturated heterocycles. The maximum absolute atomic E-state index is 11.6. The first-order valence-corrected chi connectivity index (χ1v) is 7.64. The Morgan fingerprint density at radius 1 is 1.25 bits per heavy atom. The minimum atomic E-state index is 0.109. The average Bonchev–Trinajstić information content (AvgIpc) is 2.53. The molecule has 1 aliphatic heterocycles. The number of carbonyl (C=O) groups is 1. The molecule has 1 fully saturated rings. The van der Waals surface area contributed by atoms with E-state index in [1.54, 1.807) is 0 Å². The largest absolute Gasteiger partial charge is 0.368 e. The van der Waals surface area contributed by atoms with Crippen LogP contribution in [0.3, 0.4) is 0 Å². The zero-order valence-corrected chi connectivity index (χ0v) is 12.8. The second-order valence-electron chi connectivity index (χ2n) is 5.46. The van der Waals surface area contributed by atoms with Gasteiger partial charge in [-0.1, -0.05) is 13.8 Å². The van der Waals surface area contributed by atoms with Gasteiger partial charge in [-0.2, -0.15) is 0 Å². The van der Waals surface area contributed by atoms with E-state index in [4.69, 9.17) is 0 Å². The van der Waals surface area contributed by atoms with Crippen molar-refractivity contribution in [3.05, 3.63) is 24.0 Å². The number of pyridine rings is 1. The van der Waals surface area contributed by atoms with Crippen molar-refractivity contribution in [2.45, 2.75) is 39.7 Å². The van der Waals surface area contributed by atoms with Gasteiger partial charge in [-0.3, -0.25) is 14.7 Å². The summed E-state index contributed by atoms with van der Waals surface area (Å²) in [5, 5.41) is 0. The fraction of sp³-hybridized carbons (Fsp3) is 0.625. The molecule has 20 heavy (non-hydrogen) atoms. The lowest BCUT2D eigenvalue weighted by Gasteiger charge is -2.38. The molecule has 4 nitrogen and oxygen atoms in total. The molecule has 110 valence electrons. The van der Waals surface area contributed by atoms with E-state index in [0.717, 1.165) is 31.9 Å². The number of aromatic nitrogens is 1. The van der Waals surface area contributed by atoms with Gasteiger partial charge >= 0.3 is 0 Å². The Labute approximate surface area is 121 Å². The van der Waals surface area contributed by atoms with Crippen molar-refractivity contribution in [2.24, 2.45) is 0 Å². The molecule has 1 aromatic rings. The molecule has 0 spiro atoms. The molecule has 1 atom stereocenters. The minimum absolute atomic E-state index is 0.109. The van der Waals surface area contributed by atoms with E-state index in [1.807, 2.05) is 25.3 Å². The van der Waals surface area contributed by atoms with E-state index >= 15 is 0 Å². The van der Waals surface area contributed by atoms with Crippen LogP contribution in [0, 0.1) is 0 Å². The molecule has 0 aromatic carbocycles. The summed E-state index contributed by atoms with van der Waals surface area (Å²) in [6.45, 7) is 10.7. The highest BCUT2D eigenvalue weighted by atomic mass is 16.1. The Morgan fingerprint density at radius 3 is 2.45 bits per heavy atom. The Morgan fingerprint density at radius 2 is 1.95 bits per heavy atom. The van der Waals surface area contributed by atoms with E-state index in [-0.39, 0.29) is 5.78 Å². The molecule has 2 heterocycles. The van der Waals surface area contributed by atoms with Crippen LogP contribution in [0.15, 0.2) is 18.3 Å². The van der Waals surface area contributed by atoms with E-state index in [1.165, 1.54) is 6.42 Å². The number of nitrogens with zero attached hydrogens (tertiary/aromatic N) is 3. The van der Waals surface area contributed by atoms with Crippen LogP contribution in [0.4, 0.5) is 5.69 Å². The summed E-state index contributed by atoms with van der Waals surface area (Å²) in [4.78, 5) is 20.8. The maximum Gasteiger partial charge on any atom is 0.180 e. The van der Waals surface area contributed by atoms with Crippen LogP contribution < -0.4 is 4.90 Å². The van der Waals surface area contributed by atoms with Crippen molar-refractivity contribution < 1.29 is 4.79 Å². The first kappa shape index (κ1) is 15.0. The first-order chi connectivity index (χ1) is 9.65. The topological polar surface area (TPSA) is 36.4 Å². The quantitative estimate of drug-likeness (QED) is 0.774. The monoisotopic (exact) mass is 275 g/mol. The van der Waals surface area contributed by atoms with Crippen molar-refractivity contribution >= 4 is 11.5 Å². The van der Waals surface area contributed by atoms with Gasteiger partial charge in [0, 0.05) is 38.6 Å². The Hall–Kier alpha value is -1.42. The SMILES string of the molecule is CCC(=O)c1ccc(N2CCN(C(C)CC)CC2)cn1. The van der Waals surface area contributed by atoms with Crippen LogP contribution in [-0.2, 0) is 0 Å². The Kier molecular flexibility index (Phi) is 5.12. The third-order valence-corrected chi connectivity index (χ3v) is 4.25. The minimum Gasteiger partial charge on any atom is -0.368 e. The zero-order chi connectivity index (χ0) is 14.5. The van der Waals surface area contributed by atoms with Crippen molar-refractivity contribution in [2.75, 3.05) is 31.1 Å². The fourth-order valence-electron chi connectivity index (χ4n) is 2.60. The summed E-state index contributed by atoms with van der Waals surface area (Å²) in [6.07, 6.45) is 3.55. The van der Waals surface area contributed by atoms with Gasteiger partial charge < -0.3 is 4.90 Å². The molecule has 1 unspecified atom stereocenters. The van der Waals surface area contributed by atoms with Crippen molar-refractivity contribution in [1.82, 2.24) is 9.88 Å². The molecule has 1 aromatic heterocycles. The highest BCUT2D eigenvalue weighted by molar-refractivity contribution is 5.94. The molecule has 4 heteroatoms. The van der Waals surface area contributed by atoms with Crippen LogP contribution in [0.1, 0.15) is 44.1 Å². The van der Waals surface area contributed by atoms with Crippen molar-refractivity contribution in [3.8, 4) is 0 Å². The Balaban J connectivity index is 1.95. The number of Topliss-reactive ketones (excluding diaryl/α,β-unsaturated/α-hetero) is 1. The van der Waals surface area contributed by atoms with Gasteiger partial charge in [-0.05, 0) is 25.5 Å². The molecule has 0 saturated carbocycles. The second kappa shape index (κ2) is 6.84. The van der Waals surface area contributed by atoms with Crippen LogP contribution in [0.5, 0.6) is 0 Å². The molecule has 1 aliphatic rings. The number of anilines is 1. The molecular formula is C16H25N3O. The normalized spacial score (nSPS) is 18.1. The second-order valence-corrected chi connectivity index (χ2v) is 5.46. The average molecular weight is 275 g/mol. The molecule has 2 rings (SSSR count). The summed E-state index contributed by atoms with van der Waals surface area (Å²) in [6, 6.07) is 4.54. The van der Waals surface area contributed by atoms with Gasteiger partial charge in [-0.15, -0.1) is 0 Å². The van der Waals surface area contributed by atoms with Gasteiger partial charge in [0.05, 0.1) is 11.9 Å². The van der Waals surface area contributed by atoms with E-state index < -0.39 is 0 Å². The summed E-state index contributed by atoms with van der Waals surface area (Å²) < 4.78 is 0. The number of rotatable bonds is 5. The van der Waals surface area contributed by atoms with Gasteiger partial charge in [0.15, 0.2) is 5.78 Å². The lowest BCUT2D eigenvalue weighted by Crippen LogP contribution is -2.49. The van der Waals surface area contributed by atoms with Gasteiger partial charge in [0.25, 0.3) is 0 Å². The smallest absolute Gasteiger partial charge is 0.180 e. The third-order valence-electron chi connectivity index (χ3n) is 4.25. The highest BCUT2D eigenvalue weighted by Crippen LogP contribution is 2.17. The number of hydrogen-bond acceptors (Lipinski definition) is 4. The molecule has 0 amide bonds. The summed E-state index contributed by atoms with van der Waals surface area (Å²) in [7, 11) is 0. The number of ketones is 1. The maximum atomic E-state index is 11.6. The third kappa shape index (κ3) is 3.37. The first-order valence-electron chi connectivity index (χ1n) is 7.64. The van der Waals surface area contributed by atoms with Crippen LogP contribution >= 0.6 is 0 Å². The molecular weight excluding hydrogens is 250 g/mol. The van der Waals surface area contributed by atoms with Gasteiger partial charge in [0.2, 0.25) is 0 Å². The summed E-state index contributed by atoms with van der Waals surface area (Å²) in [5.41, 5.74) is 1.70. The fourth-order valence-corrected chi connectivity index (χ4v) is 2.60. The summed E-state index contributed by atoms with van der Waals surface area (Å²) >= 11 is 0. The predicted octanol–water partition coefficient (Wildman–Crippen LogP) is 2.59. The zero-order valence-electron chi connectivity index (χ0n) is 12.8. The number of carbonyl (C=O) groups excluding carboxylic acids is 1. The molecule has 0 N–H and O–H groups in total. The van der Waals surface area contributed by atoms with E-state index in [0.29, 0.717) is 18.2 Å². The molecule has 0 bridgehead atoms. The predicted molar refractivity (Wildman–Crippen MR) is 82.4 cm³/mol. The Bertz CT molecular complexity index is 436. The number of piperazine rings is 1. The number of hydrogen-bond donors (Lipinski definition) is 0. The molecule has 0 aliphatic carbocycles. The molecule has 0 radical (unpaired) electrons. The lowest BCUT2D eigenvalue weighted by atomic mass is 10.1. The lowest BCUT2D eigenvalue weighted by molar-refractivity contribution is 0.0983. The van der Waals surface area contributed by atoms with Crippen LogP contribution in [0.2, 0.25) is 0 Å². The summed E-state index contributed by atoms with van der Waals surface area (Å²) in [5.74, 6) is 0.109. The van der Waals surface area contributed by atoms with E-state index in [2.05, 4.69) is 28.6 Å². The standard InChI is InChI=1S/C16H25N3O/c1-4-13(3)18-8-10-19(11-9-18)14-6-7-15(17-12-14)16(20)5-2/h6-7,12-13H,4-5,8-11H2,1-3H3. The van der Waals surface area contributed by atoms with Crippen LogP contribution in [-0.4, -0.2) is 47.9 Å². The van der Waals surface area contributed by atoms with Gasteiger partial charge in [-0.25, -0.2) is 0 Å². The van der Waals surface area contributed by atoms with E-state index in [9.17, 15) is 4.79 Å². The van der Waals surface area contributed by atoms with Gasteiger partial charge in [0.1, 0.15) is 5.69 Å². The van der Waals surface area contributed by atoms with Crippen molar-refractivity contribution in [1.29, 1.82) is 0 Å².